The van der Waals surface area contributed by atoms with Gasteiger partial charge in [-0.25, -0.2) is 0 Å². The van der Waals surface area contributed by atoms with E-state index >= 15 is 0 Å². The van der Waals surface area contributed by atoms with E-state index in [1.165, 1.54) is 24.8 Å². The number of para-hydroxylation sites is 1. The molecule has 0 aromatic heterocycles. The Morgan fingerprint density at radius 1 is 1.24 bits per heavy atom. The zero-order valence-electron chi connectivity index (χ0n) is 13.8. The molecule has 0 spiro atoms. The summed E-state index contributed by atoms with van der Waals surface area (Å²) in [6.07, 6.45) is 3.93. The molecule has 3 atom stereocenters. The van der Waals surface area contributed by atoms with Crippen molar-refractivity contribution in [2.24, 2.45) is 11.8 Å². The third-order valence-corrected chi connectivity index (χ3v) is 4.55. The molecule has 0 aliphatic heterocycles. The fourth-order valence-electron chi connectivity index (χ4n) is 3.41. The summed E-state index contributed by atoms with van der Waals surface area (Å²) in [7, 11) is 1.71. The molecular formula is C18H29NO2. The van der Waals surface area contributed by atoms with Gasteiger partial charge in [0.15, 0.2) is 11.5 Å². The Balaban J connectivity index is 2.01. The van der Waals surface area contributed by atoms with E-state index < -0.39 is 0 Å². The number of hydrogen-bond acceptors (Lipinski definition) is 3. The number of hydrogen-bond donors (Lipinski definition) is 1. The first-order valence-corrected chi connectivity index (χ1v) is 8.17. The minimum absolute atomic E-state index is 0.613. The summed E-state index contributed by atoms with van der Waals surface area (Å²) in [5, 5.41) is 3.72. The van der Waals surface area contributed by atoms with Crippen molar-refractivity contribution in [3.63, 3.8) is 0 Å². The smallest absolute Gasteiger partial charge is 0.165 e. The Hall–Kier alpha value is -1.22. The summed E-state index contributed by atoms with van der Waals surface area (Å²) in [5.41, 5.74) is 1.18. The summed E-state index contributed by atoms with van der Waals surface area (Å²) < 4.78 is 11.2. The largest absolute Gasteiger partial charge is 0.493 e. The highest BCUT2D eigenvalue weighted by atomic mass is 16.5. The Kier molecular flexibility index (Phi) is 5.92. The van der Waals surface area contributed by atoms with Crippen molar-refractivity contribution in [2.45, 2.75) is 52.6 Å². The van der Waals surface area contributed by atoms with E-state index in [1.807, 2.05) is 19.1 Å². The van der Waals surface area contributed by atoms with E-state index in [-0.39, 0.29) is 0 Å². The van der Waals surface area contributed by atoms with Gasteiger partial charge in [-0.2, -0.15) is 0 Å². The highest BCUT2D eigenvalue weighted by molar-refractivity contribution is 5.46. The van der Waals surface area contributed by atoms with Crippen molar-refractivity contribution in [1.29, 1.82) is 0 Å². The maximum absolute atomic E-state index is 5.64. The van der Waals surface area contributed by atoms with E-state index in [9.17, 15) is 0 Å². The van der Waals surface area contributed by atoms with Crippen LogP contribution < -0.4 is 14.8 Å². The van der Waals surface area contributed by atoms with Gasteiger partial charge < -0.3 is 14.8 Å². The van der Waals surface area contributed by atoms with E-state index in [1.54, 1.807) is 7.11 Å². The Morgan fingerprint density at radius 3 is 2.71 bits per heavy atom. The second-order valence-electron chi connectivity index (χ2n) is 6.26. The van der Waals surface area contributed by atoms with Gasteiger partial charge in [-0.05, 0) is 44.1 Å². The molecular weight excluding hydrogens is 262 g/mol. The predicted octanol–water partition coefficient (Wildman–Crippen LogP) is 4.01. The van der Waals surface area contributed by atoms with E-state index in [0.717, 1.165) is 29.9 Å². The first-order chi connectivity index (χ1) is 10.2. The van der Waals surface area contributed by atoms with Crippen LogP contribution in [0.3, 0.4) is 0 Å². The lowest BCUT2D eigenvalue weighted by atomic mass is 9.80. The fourth-order valence-corrected chi connectivity index (χ4v) is 3.41. The molecule has 2 rings (SSSR count). The zero-order valence-corrected chi connectivity index (χ0v) is 13.8. The summed E-state index contributed by atoms with van der Waals surface area (Å²) in [5.74, 6) is 3.32. The minimum atomic E-state index is 0.613. The molecule has 1 aliphatic rings. The molecule has 0 amide bonds. The number of methoxy groups -OCH3 is 1. The predicted molar refractivity (Wildman–Crippen MR) is 87.0 cm³/mol. The van der Waals surface area contributed by atoms with Crippen LogP contribution in [0.5, 0.6) is 11.5 Å². The average molecular weight is 291 g/mol. The van der Waals surface area contributed by atoms with Crippen LogP contribution in [0, 0.1) is 11.8 Å². The van der Waals surface area contributed by atoms with Crippen LogP contribution in [0.25, 0.3) is 0 Å². The van der Waals surface area contributed by atoms with Gasteiger partial charge in [0.1, 0.15) is 0 Å². The summed E-state index contributed by atoms with van der Waals surface area (Å²) in [6, 6.07) is 6.74. The molecule has 0 bridgehead atoms. The highest BCUT2D eigenvalue weighted by Gasteiger charge is 2.25. The number of nitrogens with one attached hydrogen (secondary N) is 1. The summed E-state index contributed by atoms with van der Waals surface area (Å²) >= 11 is 0. The molecule has 1 aromatic carbocycles. The Labute approximate surface area is 129 Å². The van der Waals surface area contributed by atoms with Crippen molar-refractivity contribution in [3.05, 3.63) is 23.8 Å². The molecule has 3 nitrogen and oxygen atoms in total. The highest BCUT2D eigenvalue weighted by Crippen LogP contribution is 2.32. The molecule has 0 saturated heterocycles. The lowest BCUT2D eigenvalue weighted by Gasteiger charge is -2.33. The maximum atomic E-state index is 5.64. The van der Waals surface area contributed by atoms with Crippen molar-refractivity contribution >= 4 is 0 Å². The number of ether oxygens (including phenoxy) is 2. The van der Waals surface area contributed by atoms with Gasteiger partial charge in [0.05, 0.1) is 13.7 Å². The number of rotatable bonds is 6. The molecule has 3 unspecified atom stereocenters. The Bertz CT molecular complexity index is 447. The van der Waals surface area contributed by atoms with Crippen LogP contribution in [-0.2, 0) is 6.54 Å². The molecule has 1 aromatic rings. The SMILES string of the molecule is CCOc1cccc(CNC2CCC(C)CC2C)c1OC. The van der Waals surface area contributed by atoms with Crippen LogP contribution in [0.15, 0.2) is 18.2 Å². The Morgan fingerprint density at radius 2 is 2.05 bits per heavy atom. The topological polar surface area (TPSA) is 30.5 Å². The fraction of sp³-hybridized carbons (Fsp3) is 0.667. The molecule has 1 saturated carbocycles. The first kappa shape index (κ1) is 16.2. The summed E-state index contributed by atoms with van der Waals surface area (Å²) in [4.78, 5) is 0. The third kappa shape index (κ3) is 4.13. The van der Waals surface area contributed by atoms with Crippen molar-refractivity contribution in [1.82, 2.24) is 5.32 Å². The molecule has 0 heterocycles. The molecule has 118 valence electrons. The van der Waals surface area contributed by atoms with Crippen LogP contribution in [0.4, 0.5) is 0 Å². The van der Waals surface area contributed by atoms with E-state index in [0.29, 0.717) is 12.6 Å². The third-order valence-electron chi connectivity index (χ3n) is 4.55. The molecule has 3 heteroatoms. The van der Waals surface area contributed by atoms with Gasteiger partial charge >= 0.3 is 0 Å². The minimum Gasteiger partial charge on any atom is -0.493 e. The van der Waals surface area contributed by atoms with Crippen molar-refractivity contribution in [3.8, 4) is 11.5 Å². The molecule has 1 aliphatic carbocycles. The molecule has 0 radical (unpaired) electrons. The van der Waals surface area contributed by atoms with Crippen molar-refractivity contribution < 1.29 is 9.47 Å². The lowest BCUT2D eigenvalue weighted by molar-refractivity contribution is 0.226. The van der Waals surface area contributed by atoms with Gasteiger partial charge in [-0.1, -0.05) is 26.0 Å². The monoisotopic (exact) mass is 291 g/mol. The van der Waals surface area contributed by atoms with Gasteiger partial charge in [0.2, 0.25) is 0 Å². The lowest BCUT2D eigenvalue weighted by Crippen LogP contribution is -2.38. The van der Waals surface area contributed by atoms with Gasteiger partial charge in [-0.15, -0.1) is 0 Å². The molecule has 1 fully saturated rings. The maximum Gasteiger partial charge on any atom is 0.165 e. The number of benzene rings is 1. The van der Waals surface area contributed by atoms with Crippen LogP contribution >= 0.6 is 0 Å². The second kappa shape index (κ2) is 7.69. The normalized spacial score (nSPS) is 25.6. The molecule has 1 N–H and O–H groups in total. The van der Waals surface area contributed by atoms with Gasteiger partial charge in [-0.3, -0.25) is 0 Å². The standard InChI is InChI=1S/C18H29NO2/c1-5-21-17-8-6-7-15(18(17)20-4)12-19-16-10-9-13(2)11-14(16)3/h6-8,13-14,16,19H,5,9-12H2,1-4H3. The van der Waals surface area contributed by atoms with Crippen LogP contribution in [0.1, 0.15) is 45.6 Å². The first-order valence-electron chi connectivity index (χ1n) is 8.17. The van der Waals surface area contributed by atoms with Crippen molar-refractivity contribution in [2.75, 3.05) is 13.7 Å². The van der Waals surface area contributed by atoms with Crippen LogP contribution in [0.2, 0.25) is 0 Å². The van der Waals surface area contributed by atoms with Crippen LogP contribution in [-0.4, -0.2) is 19.8 Å². The summed E-state index contributed by atoms with van der Waals surface area (Å²) in [6.45, 7) is 8.22. The second-order valence-corrected chi connectivity index (χ2v) is 6.26. The van der Waals surface area contributed by atoms with E-state index in [4.69, 9.17) is 9.47 Å². The zero-order chi connectivity index (χ0) is 15.2. The van der Waals surface area contributed by atoms with Gasteiger partial charge in [0.25, 0.3) is 0 Å². The van der Waals surface area contributed by atoms with Gasteiger partial charge in [0, 0.05) is 18.2 Å². The average Bonchev–Trinajstić information content (AvgIpc) is 2.47. The molecule has 21 heavy (non-hydrogen) atoms. The van der Waals surface area contributed by atoms with E-state index in [2.05, 4.69) is 25.2 Å². The quantitative estimate of drug-likeness (QED) is 0.859.